The normalized spacial score (nSPS) is 10.6. The van der Waals surface area contributed by atoms with Gasteiger partial charge in [-0.2, -0.15) is 0 Å². The zero-order chi connectivity index (χ0) is 15.1. The van der Waals surface area contributed by atoms with Gasteiger partial charge in [0.05, 0.1) is 13.7 Å². The number of methoxy groups -OCH3 is 2. The first-order valence-electron chi connectivity index (χ1n) is 6.84. The van der Waals surface area contributed by atoms with Crippen LogP contribution >= 0.6 is 11.6 Å². The van der Waals surface area contributed by atoms with E-state index in [2.05, 4.69) is 17.4 Å². The van der Waals surface area contributed by atoms with E-state index in [1.54, 1.807) is 14.2 Å². The summed E-state index contributed by atoms with van der Waals surface area (Å²) in [5.41, 5.74) is 3.40. The van der Waals surface area contributed by atoms with E-state index in [1.165, 1.54) is 11.1 Å². The van der Waals surface area contributed by atoms with Crippen molar-refractivity contribution in [2.24, 2.45) is 0 Å². The van der Waals surface area contributed by atoms with Gasteiger partial charge in [-0.05, 0) is 23.3 Å². The van der Waals surface area contributed by atoms with Crippen molar-refractivity contribution in [2.75, 3.05) is 14.2 Å². The van der Waals surface area contributed by atoms with Gasteiger partial charge >= 0.3 is 0 Å². The number of ether oxygens (including phenoxy) is 2. The van der Waals surface area contributed by atoms with Crippen LogP contribution in [0, 0.1) is 0 Å². The van der Waals surface area contributed by atoms with Crippen LogP contribution in [0.3, 0.4) is 0 Å². The molecular formula is C17H20ClNO2. The predicted molar refractivity (Wildman–Crippen MR) is 85.7 cm³/mol. The minimum absolute atomic E-state index is 0.618. The van der Waals surface area contributed by atoms with Gasteiger partial charge in [0.1, 0.15) is 5.75 Å². The van der Waals surface area contributed by atoms with E-state index in [-0.39, 0.29) is 0 Å². The van der Waals surface area contributed by atoms with Crippen LogP contribution < -0.4 is 10.1 Å². The Morgan fingerprint density at radius 2 is 1.71 bits per heavy atom. The average Bonchev–Trinajstić information content (AvgIpc) is 2.50. The monoisotopic (exact) mass is 305 g/mol. The zero-order valence-corrected chi connectivity index (χ0v) is 13.1. The Morgan fingerprint density at radius 1 is 0.952 bits per heavy atom. The summed E-state index contributed by atoms with van der Waals surface area (Å²) in [6.07, 6.45) is 0. The van der Waals surface area contributed by atoms with E-state index < -0.39 is 0 Å². The van der Waals surface area contributed by atoms with Gasteiger partial charge in [-0.3, -0.25) is 0 Å². The number of halogens is 1. The summed E-state index contributed by atoms with van der Waals surface area (Å²) in [6, 6.07) is 13.9. The van der Waals surface area contributed by atoms with Crippen molar-refractivity contribution in [1.82, 2.24) is 5.32 Å². The summed E-state index contributed by atoms with van der Waals surface area (Å²) in [4.78, 5) is 0. The molecule has 0 saturated carbocycles. The van der Waals surface area contributed by atoms with Gasteiger partial charge in [0.25, 0.3) is 0 Å². The summed E-state index contributed by atoms with van der Waals surface area (Å²) >= 11 is 6.23. The zero-order valence-electron chi connectivity index (χ0n) is 12.4. The maximum atomic E-state index is 6.23. The third-order valence-electron chi connectivity index (χ3n) is 3.33. The van der Waals surface area contributed by atoms with Crippen molar-refractivity contribution in [3.05, 3.63) is 64.2 Å². The lowest BCUT2D eigenvalue weighted by molar-refractivity contribution is 0.184. The molecule has 0 fully saturated rings. The highest BCUT2D eigenvalue weighted by molar-refractivity contribution is 6.31. The van der Waals surface area contributed by atoms with Crippen LogP contribution in [0.1, 0.15) is 16.7 Å². The highest BCUT2D eigenvalue weighted by atomic mass is 35.5. The van der Waals surface area contributed by atoms with Crippen molar-refractivity contribution in [2.45, 2.75) is 19.7 Å². The molecular weight excluding hydrogens is 286 g/mol. The van der Waals surface area contributed by atoms with Crippen molar-refractivity contribution in [1.29, 1.82) is 0 Å². The Balaban J connectivity index is 2.02. The molecule has 1 N–H and O–H groups in total. The van der Waals surface area contributed by atoms with Gasteiger partial charge in [-0.1, -0.05) is 41.9 Å². The maximum absolute atomic E-state index is 6.23. The summed E-state index contributed by atoms with van der Waals surface area (Å²) in [5, 5.41) is 4.13. The van der Waals surface area contributed by atoms with Crippen molar-refractivity contribution >= 4 is 11.6 Å². The van der Waals surface area contributed by atoms with Crippen LogP contribution in [-0.2, 0) is 24.4 Å². The molecule has 0 spiro atoms. The van der Waals surface area contributed by atoms with Gasteiger partial charge in [0, 0.05) is 30.8 Å². The largest absolute Gasteiger partial charge is 0.496 e. The highest BCUT2D eigenvalue weighted by Crippen LogP contribution is 2.26. The average molecular weight is 306 g/mol. The second-order valence-corrected chi connectivity index (χ2v) is 5.13. The van der Waals surface area contributed by atoms with Gasteiger partial charge in [0.15, 0.2) is 0 Å². The lowest BCUT2D eigenvalue weighted by Gasteiger charge is -2.13. The van der Waals surface area contributed by atoms with Crippen LogP contribution in [-0.4, -0.2) is 14.2 Å². The molecule has 0 aliphatic heterocycles. The molecule has 3 nitrogen and oxygen atoms in total. The SMILES string of the molecule is COCc1ccccc1CNCc1c(Cl)cccc1OC. The van der Waals surface area contributed by atoms with Crippen molar-refractivity contribution in [3.63, 3.8) is 0 Å². The second kappa shape index (κ2) is 8.03. The first kappa shape index (κ1) is 15.8. The molecule has 21 heavy (non-hydrogen) atoms. The van der Waals surface area contributed by atoms with Crippen LogP contribution in [0.15, 0.2) is 42.5 Å². The molecule has 0 bridgehead atoms. The van der Waals surface area contributed by atoms with Gasteiger partial charge in [-0.25, -0.2) is 0 Å². The maximum Gasteiger partial charge on any atom is 0.124 e. The molecule has 0 aromatic heterocycles. The predicted octanol–water partition coefficient (Wildman–Crippen LogP) is 3.78. The third kappa shape index (κ3) is 4.21. The molecule has 4 heteroatoms. The van der Waals surface area contributed by atoms with Crippen LogP contribution in [0.25, 0.3) is 0 Å². The number of benzene rings is 2. The summed E-state index contributed by atoms with van der Waals surface area (Å²) in [7, 11) is 3.36. The van der Waals surface area contributed by atoms with Gasteiger partial charge in [0.2, 0.25) is 0 Å². The van der Waals surface area contributed by atoms with E-state index in [4.69, 9.17) is 21.1 Å². The van der Waals surface area contributed by atoms with Crippen LogP contribution in [0.5, 0.6) is 5.75 Å². The molecule has 2 rings (SSSR count). The van der Waals surface area contributed by atoms with Crippen molar-refractivity contribution in [3.8, 4) is 5.75 Å². The summed E-state index contributed by atoms with van der Waals surface area (Å²) in [5.74, 6) is 0.806. The molecule has 0 unspecified atom stereocenters. The third-order valence-corrected chi connectivity index (χ3v) is 3.69. The number of rotatable bonds is 7. The van der Waals surface area contributed by atoms with Gasteiger partial charge in [-0.15, -0.1) is 0 Å². The fourth-order valence-corrected chi connectivity index (χ4v) is 2.48. The first-order valence-corrected chi connectivity index (χ1v) is 7.22. The number of hydrogen-bond donors (Lipinski definition) is 1. The van der Waals surface area contributed by atoms with Crippen LogP contribution in [0.4, 0.5) is 0 Å². The quantitative estimate of drug-likeness (QED) is 0.844. The molecule has 0 aliphatic carbocycles. The van der Waals surface area contributed by atoms with E-state index in [1.807, 2.05) is 30.3 Å². The summed E-state index contributed by atoms with van der Waals surface area (Å²) < 4.78 is 10.6. The van der Waals surface area contributed by atoms with Crippen molar-refractivity contribution < 1.29 is 9.47 Å². The molecule has 0 saturated heterocycles. The molecule has 0 radical (unpaired) electrons. The molecule has 0 aliphatic rings. The smallest absolute Gasteiger partial charge is 0.124 e. The van der Waals surface area contributed by atoms with Gasteiger partial charge < -0.3 is 14.8 Å². The fraction of sp³-hybridized carbons (Fsp3) is 0.294. The minimum Gasteiger partial charge on any atom is -0.496 e. The fourth-order valence-electron chi connectivity index (χ4n) is 2.25. The Kier molecular flexibility index (Phi) is 6.05. The van der Waals surface area contributed by atoms with E-state index in [9.17, 15) is 0 Å². The standard InChI is InChI=1S/C17H20ClNO2/c1-20-12-14-7-4-3-6-13(14)10-19-11-15-16(18)8-5-9-17(15)21-2/h3-9,19H,10-12H2,1-2H3. The molecule has 0 atom stereocenters. The highest BCUT2D eigenvalue weighted by Gasteiger charge is 2.07. The molecule has 2 aromatic carbocycles. The Hall–Kier alpha value is -1.55. The number of nitrogens with one attached hydrogen (secondary N) is 1. The van der Waals surface area contributed by atoms with E-state index in [0.717, 1.165) is 17.9 Å². The number of hydrogen-bond acceptors (Lipinski definition) is 3. The Labute approximate surface area is 130 Å². The molecule has 0 heterocycles. The Morgan fingerprint density at radius 3 is 2.43 bits per heavy atom. The molecule has 0 amide bonds. The Bertz CT molecular complexity index is 587. The topological polar surface area (TPSA) is 30.5 Å². The lowest BCUT2D eigenvalue weighted by Crippen LogP contribution is -2.15. The lowest BCUT2D eigenvalue weighted by atomic mass is 10.1. The first-order chi connectivity index (χ1) is 10.3. The molecule has 112 valence electrons. The second-order valence-electron chi connectivity index (χ2n) is 4.73. The van der Waals surface area contributed by atoms with Crippen LogP contribution in [0.2, 0.25) is 5.02 Å². The summed E-state index contributed by atoms with van der Waals surface area (Å²) in [6.45, 7) is 2.03. The van der Waals surface area contributed by atoms with E-state index in [0.29, 0.717) is 18.2 Å². The minimum atomic E-state index is 0.618. The molecule has 2 aromatic rings. The van der Waals surface area contributed by atoms with E-state index >= 15 is 0 Å².